The molecular formula is C20H28O3. The van der Waals surface area contributed by atoms with E-state index in [1.165, 1.54) is 12.7 Å². The number of esters is 1. The van der Waals surface area contributed by atoms with Crippen molar-refractivity contribution in [2.45, 2.75) is 46.5 Å². The van der Waals surface area contributed by atoms with Crippen LogP contribution in [0.1, 0.15) is 45.6 Å². The van der Waals surface area contributed by atoms with E-state index in [2.05, 4.69) is 13.0 Å². The maximum atomic E-state index is 12.7. The molecule has 0 amide bonds. The molecule has 0 aliphatic heterocycles. The van der Waals surface area contributed by atoms with Crippen molar-refractivity contribution in [2.24, 2.45) is 11.8 Å². The van der Waals surface area contributed by atoms with E-state index in [0.29, 0.717) is 6.42 Å². The van der Waals surface area contributed by atoms with Gasteiger partial charge in [0.05, 0.1) is 13.5 Å². The minimum absolute atomic E-state index is 0.135. The fourth-order valence-electron chi connectivity index (χ4n) is 2.87. The number of ketones is 1. The predicted octanol–water partition coefficient (Wildman–Crippen LogP) is 4.36. The van der Waals surface area contributed by atoms with E-state index in [4.69, 9.17) is 4.74 Å². The number of benzene rings is 1. The third-order valence-corrected chi connectivity index (χ3v) is 4.08. The molecule has 1 aromatic carbocycles. The molecule has 0 N–H and O–H groups in total. The Morgan fingerprint density at radius 3 is 2.48 bits per heavy atom. The highest BCUT2D eigenvalue weighted by molar-refractivity contribution is 5.89. The van der Waals surface area contributed by atoms with Crippen LogP contribution >= 0.6 is 0 Å². The average molecular weight is 316 g/mol. The summed E-state index contributed by atoms with van der Waals surface area (Å²) in [5.74, 6) is -0.489. The van der Waals surface area contributed by atoms with Crippen molar-refractivity contribution in [1.82, 2.24) is 0 Å². The zero-order chi connectivity index (χ0) is 17.2. The lowest BCUT2D eigenvalue weighted by Gasteiger charge is -2.17. The third-order valence-electron chi connectivity index (χ3n) is 4.08. The summed E-state index contributed by atoms with van der Waals surface area (Å²) in [6.07, 6.45) is 4.59. The van der Waals surface area contributed by atoms with Crippen molar-refractivity contribution >= 4 is 11.8 Å². The zero-order valence-electron chi connectivity index (χ0n) is 14.7. The summed E-state index contributed by atoms with van der Waals surface area (Å²) >= 11 is 0. The van der Waals surface area contributed by atoms with Gasteiger partial charge in [-0.2, -0.15) is 0 Å². The molecule has 0 saturated heterocycles. The fraction of sp³-hybridized carbons (Fsp3) is 0.500. The van der Waals surface area contributed by atoms with E-state index in [1.54, 1.807) is 0 Å². The first kappa shape index (κ1) is 19.1. The molecule has 0 heterocycles. The van der Waals surface area contributed by atoms with Gasteiger partial charge in [0.1, 0.15) is 5.78 Å². The second kappa shape index (κ2) is 9.98. The van der Waals surface area contributed by atoms with Crippen LogP contribution in [0.15, 0.2) is 42.0 Å². The summed E-state index contributed by atoms with van der Waals surface area (Å²) < 4.78 is 4.71. The van der Waals surface area contributed by atoms with E-state index >= 15 is 0 Å². The number of hydrogen-bond acceptors (Lipinski definition) is 3. The van der Waals surface area contributed by atoms with Crippen molar-refractivity contribution in [3.8, 4) is 0 Å². The van der Waals surface area contributed by atoms with Crippen molar-refractivity contribution < 1.29 is 14.3 Å². The normalized spacial score (nSPS) is 20.7. The number of carbonyl (C=O) groups excluding carboxylic acids is 2. The van der Waals surface area contributed by atoms with E-state index in [1.807, 2.05) is 44.2 Å². The van der Waals surface area contributed by atoms with Gasteiger partial charge in [0.25, 0.3) is 0 Å². The van der Waals surface area contributed by atoms with Gasteiger partial charge in [0.2, 0.25) is 0 Å². The number of carbonyl (C=O) groups is 2. The molecule has 23 heavy (non-hydrogen) atoms. The maximum absolute atomic E-state index is 12.7. The summed E-state index contributed by atoms with van der Waals surface area (Å²) in [7, 11) is 1.37. The molecule has 2 unspecified atom stereocenters. The minimum atomic E-state index is -0.300. The van der Waals surface area contributed by atoms with Crippen LogP contribution in [-0.2, 0) is 20.7 Å². The number of allylic oxidation sites excluding steroid dienone is 2. The van der Waals surface area contributed by atoms with Crippen LogP contribution in [0, 0.1) is 11.8 Å². The number of Topliss-reactive ketones (excluding diaryl/α,β-unsaturated/α-hetero) is 1. The first-order valence-electron chi connectivity index (χ1n) is 8.42. The summed E-state index contributed by atoms with van der Waals surface area (Å²) in [6, 6.07) is 10.0. The van der Waals surface area contributed by atoms with Crippen LogP contribution in [0.25, 0.3) is 0 Å². The van der Waals surface area contributed by atoms with Gasteiger partial charge in [-0.05, 0) is 31.7 Å². The van der Waals surface area contributed by atoms with Gasteiger partial charge in [-0.15, -0.1) is 0 Å². The molecule has 3 nitrogen and oxygen atoms in total. The van der Waals surface area contributed by atoms with Crippen LogP contribution < -0.4 is 0 Å². The van der Waals surface area contributed by atoms with Crippen LogP contribution in [0.4, 0.5) is 0 Å². The highest BCUT2D eigenvalue weighted by atomic mass is 16.5. The van der Waals surface area contributed by atoms with Gasteiger partial charge in [-0.25, -0.2) is 0 Å². The molecule has 0 radical (unpaired) electrons. The molecule has 1 aliphatic carbocycles. The standard InChI is InChI=1S/C18H22O3.C2H6/c1-13-8-9-15(12-17(19)21-2)18(20)16(10-13)11-14-6-4-3-5-7-14;1-2/h3-7,10,15-16H,8-9,11-12H2,1-2H3;1-2H3. The first-order chi connectivity index (χ1) is 11.1. The van der Waals surface area contributed by atoms with Crippen molar-refractivity contribution in [3.63, 3.8) is 0 Å². The smallest absolute Gasteiger partial charge is 0.306 e. The molecule has 0 bridgehead atoms. The highest BCUT2D eigenvalue weighted by Gasteiger charge is 2.30. The Labute approximate surface area is 139 Å². The summed E-state index contributed by atoms with van der Waals surface area (Å²) in [6.45, 7) is 6.06. The second-order valence-electron chi connectivity index (χ2n) is 5.73. The molecule has 3 heteroatoms. The first-order valence-corrected chi connectivity index (χ1v) is 8.42. The summed E-state index contributed by atoms with van der Waals surface area (Å²) in [5, 5.41) is 0. The molecule has 0 spiro atoms. The highest BCUT2D eigenvalue weighted by Crippen LogP contribution is 2.28. The molecule has 2 atom stereocenters. The van der Waals surface area contributed by atoms with Crippen molar-refractivity contribution in [2.75, 3.05) is 7.11 Å². The lowest BCUT2D eigenvalue weighted by Crippen LogP contribution is -2.25. The van der Waals surface area contributed by atoms with E-state index in [-0.39, 0.29) is 30.0 Å². The molecular weight excluding hydrogens is 288 g/mol. The monoisotopic (exact) mass is 316 g/mol. The van der Waals surface area contributed by atoms with E-state index < -0.39 is 0 Å². The lowest BCUT2D eigenvalue weighted by atomic mass is 9.86. The topological polar surface area (TPSA) is 43.4 Å². The van der Waals surface area contributed by atoms with Gasteiger partial charge >= 0.3 is 5.97 Å². The van der Waals surface area contributed by atoms with Crippen molar-refractivity contribution in [1.29, 1.82) is 0 Å². The lowest BCUT2D eigenvalue weighted by molar-refractivity contribution is -0.144. The van der Waals surface area contributed by atoms with Crippen LogP contribution in [0.5, 0.6) is 0 Å². The SMILES string of the molecule is CC.COC(=O)CC1CCC(C)=CC(Cc2ccccc2)C1=O. The van der Waals surface area contributed by atoms with Gasteiger partial charge in [0.15, 0.2) is 0 Å². The fourth-order valence-corrected chi connectivity index (χ4v) is 2.87. The molecule has 1 aliphatic rings. The van der Waals surface area contributed by atoms with Gasteiger partial charge in [0, 0.05) is 11.8 Å². The Bertz CT molecular complexity index is 531. The average Bonchev–Trinajstić information content (AvgIpc) is 2.71. The third kappa shape index (κ3) is 6.01. The molecule has 0 saturated carbocycles. The van der Waals surface area contributed by atoms with Crippen LogP contribution in [-0.4, -0.2) is 18.9 Å². The number of rotatable bonds is 4. The van der Waals surface area contributed by atoms with Gasteiger partial charge in [-0.1, -0.05) is 55.8 Å². The number of methoxy groups -OCH3 is 1. The Hall–Kier alpha value is -1.90. The second-order valence-corrected chi connectivity index (χ2v) is 5.73. The van der Waals surface area contributed by atoms with E-state index in [9.17, 15) is 9.59 Å². The van der Waals surface area contributed by atoms with Gasteiger partial charge in [-0.3, -0.25) is 9.59 Å². The molecule has 1 aromatic rings. The molecule has 126 valence electrons. The quantitative estimate of drug-likeness (QED) is 0.612. The zero-order valence-corrected chi connectivity index (χ0v) is 14.7. The van der Waals surface area contributed by atoms with E-state index in [0.717, 1.165) is 18.4 Å². The van der Waals surface area contributed by atoms with Gasteiger partial charge < -0.3 is 4.74 Å². The van der Waals surface area contributed by atoms with Crippen LogP contribution in [0.2, 0.25) is 0 Å². The maximum Gasteiger partial charge on any atom is 0.306 e. The largest absolute Gasteiger partial charge is 0.469 e. The number of hydrogen-bond donors (Lipinski definition) is 0. The Morgan fingerprint density at radius 1 is 1.22 bits per heavy atom. The number of ether oxygens (including phenoxy) is 1. The Balaban J connectivity index is 0.00000127. The van der Waals surface area contributed by atoms with Crippen molar-refractivity contribution in [3.05, 3.63) is 47.5 Å². The molecule has 0 fully saturated rings. The Morgan fingerprint density at radius 2 is 1.87 bits per heavy atom. The summed E-state index contributed by atoms with van der Waals surface area (Å²) in [4.78, 5) is 24.2. The minimum Gasteiger partial charge on any atom is -0.469 e. The summed E-state index contributed by atoms with van der Waals surface area (Å²) in [5.41, 5.74) is 2.38. The predicted molar refractivity (Wildman–Crippen MR) is 93.1 cm³/mol. The molecule has 2 rings (SSSR count). The van der Waals surface area contributed by atoms with Crippen LogP contribution in [0.3, 0.4) is 0 Å². The molecule has 0 aromatic heterocycles. The Kier molecular flexibility index (Phi) is 8.31.